The lowest BCUT2D eigenvalue weighted by Crippen LogP contribution is -2.45. The van der Waals surface area contributed by atoms with E-state index < -0.39 is 18.2 Å². The number of halogens is 3. The molecular formula is C15H22F3NO2. The Kier molecular flexibility index (Phi) is 3.93. The van der Waals surface area contributed by atoms with Gasteiger partial charge in [0.2, 0.25) is 5.91 Å². The predicted octanol–water partition coefficient (Wildman–Crippen LogP) is 2.58. The van der Waals surface area contributed by atoms with Crippen LogP contribution in [0.4, 0.5) is 13.2 Å². The fraction of sp³-hybridized carbons (Fsp3) is 0.933. The molecule has 21 heavy (non-hydrogen) atoms. The zero-order chi connectivity index (χ0) is 15.2. The van der Waals surface area contributed by atoms with Crippen LogP contribution in [0.5, 0.6) is 0 Å². The van der Waals surface area contributed by atoms with E-state index in [-0.39, 0.29) is 24.7 Å². The highest BCUT2D eigenvalue weighted by Gasteiger charge is 2.56. The van der Waals surface area contributed by atoms with Crippen molar-refractivity contribution in [3.05, 3.63) is 0 Å². The summed E-state index contributed by atoms with van der Waals surface area (Å²) in [4.78, 5) is 14.2. The molecule has 3 fully saturated rings. The monoisotopic (exact) mass is 305 g/mol. The minimum Gasteiger partial charge on any atom is -0.383 e. The van der Waals surface area contributed by atoms with Gasteiger partial charge in [-0.25, -0.2) is 0 Å². The third-order valence-electron chi connectivity index (χ3n) is 5.57. The van der Waals surface area contributed by atoms with Gasteiger partial charge in [0.25, 0.3) is 0 Å². The summed E-state index contributed by atoms with van der Waals surface area (Å²) in [6.45, 7) is 0.708. The summed E-state index contributed by atoms with van der Waals surface area (Å²) in [5.41, 5.74) is 0. The summed E-state index contributed by atoms with van der Waals surface area (Å²) in [6.07, 6.45) is -1.66. The second-order valence-electron chi connectivity index (χ2n) is 6.79. The van der Waals surface area contributed by atoms with Gasteiger partial charge in [-0.3, -0.25) is 4.79 Å². The molecule has 3 rings (SSSR count). The molecule has 0 bridgehead atoms. The molecule has 3 unspecified atom stereocenters. The molecule has 1 heterocycles. The van der Waals surface area contributed by atoms with E-state index in [0.717, 1.165) is 12.8 Å². The van der Waals surface area contributed by atoms with Gasteiger partial charge in [-0.2, -0.15) is 13.2 Å². The molecule has 0 aromatic carbocycles. The number of nitrogens with zero attached hydrogens (tertiary/aromatic N) is 1. The van der Waals surface area contributed by atoms with Gasteiger partial charge in [0.05, 0.1) is 0 Å². The first kappa shape index (κ1) is 15.1. The molecule has 1 amide bonds. The van der Waals surface area contributed by atoms with E-state index in [2.05, 4.69) is 0 Å². The van der Waals surface area contributed by atoms with E-state index in [4.69, 9.17) is 0 Å². The van der Waals surface area contributed by atoms with Crippen molar-refractivity contribution in [2.75, 3.05) is 13.1 Å². The van der Waals surface area contributed by atoms with Crippen LogP contribution in [0.3, 0.4) is 0 Å². The van der Waals surface area contributed by atoms with Gasteiger partial charge in [-0.05, 0) is 43.4 Å². The Morgan fingerprint density at radius 1 is 1.05 bits per heavy atom. The molecule has 0 radical (unpaired) electrons. The number of carbonyl (C=O) groups excluding carboxylic acids is 1. The van der Waals surface area contributed by atoms with Crippen LogP contribution >= 0.6 is 0 Å². The fourth-order valence-electron chi connectivity index (χ4n) is 4.27. The molecule has 6 heteroatoms. The van der Waals surface area contributed by atoms with E-state index >= 15 is 0 Å². The van der Waals surface area contributed by atoms with Gasteiger partial charge >= 0.3 is 6.18 Å². The highest BCUT2D eigenvalue weighted by atomic mass is 19.4. The molecule has 1 aliphatic heterocycles. The first-order valence-electron chi connectivity index (χ1n) is 7.93. The highest BCUT2D eigenvalue weighted by molar-refractivity contribution is 5.82. The number of aliphatic hydroxyl groups excluding tert-OH is 1. The molecule has 0 aromatic rings. The Morgan fingerprint density at radius 2 is 1.57 bits per heavy atom. The van der Waals surface area contributed by atoms with Crippen LogP contribution in [0.1, 0.15) is 38.5 Å². The Morgan fingerprint density at radius 3 is 2.05 bits per heavy atom. The van der Waals surface area contributed by atoms with Gasteiger partial charge in [0.1, 0.15) is 0 Å². The molecule has 1 N–H and O–H groups in total. The molecular weight excluding hydrogens is 283 g/mol. The van der Waals surface area contributed by atoms with Crippen LogP contribution in [-0.2, 0) is 4.79 Å². The Labute approximate surface area is 122 Å². The van der Waals surface area contributed by atoms with Crippen molar-refractivity contribution >= 4 is 5.91 Å². The van der Waals surface area contributed by atoms with Crippen LogP contribution in [0.25, 0.3) is 0 Å². The molecule has 1 saturated heterocycles. The first-order valence-corrected chi connectivity index (χ1v) is 7.93. The largest absolute Gasteiger partial charge is 0.414 e. The number of piperidine rings is 1. The molecule has 2 aliphatic carbocycles. The van der Waals surface area contributed by atoms with Crippen molar-refractivity contribution in [1.29, 1.82) is 0 Å². The molecule has 3 aliphatic rings. The number of aliphatic hydroxyl groups is 1. The lowest BCUT2D eigenvalue weighted by Gasteiger charge is -2.35. The molecule has 2 saturated carbocycles. The zero-order valence-corrected chi connectivity index (χ0v) is 12.0. The van der Waals surface area contributed by atoms with Crippen molar-refractivity contribution in [3.63, 3.8) is 0 Å². The van der Waals surface area contributed by atoms with E-state index in [1.54, 1.807) is 4.90 Å². The number of hydrogen-bond acceptors (Lipinski definition) is 2. The summed E-state index contributed by atoms with van der Waals surface area (Å²) in [6, 6.07) is 0. The standard InChI is InChI=1S/C15H22F3NO2/c16-15(17,18)13(20)9-5-7-19(8-6-9)14(21)12-10-3-1-2-4-11(10)12/h9-13,20H,1-8H2. The second-order valence-corrected chi connectivity index (χ2v) is 6.79. The lowest BCUT2D eigenvalue weighted by atomic mass is 9.90. The highest BCUT2D eigenvalue weighted by Crippen LogP contribution is 2.56. The Balaban J connectivity index is 1.51. The maximum absolute atomic E-state index is 12.5. The first-order chi connectivity index (χ1) is 9.89. The van der Waals surface area contributed by atoms with Gasteiger partial charge < -0.3 is 10.0 Å². The summed E-state index contributed by atoms with van der Waals surface area (Å²) < 4.78 is 37.5. The normalized spacial score (nSPS) is 35.2. The number of alkyl halides is 3. The minimum atomic E-state index is -4.55. The molecule has 0 aromatic heterocycles. The molecule has 0 spiro atoms. The summed E-state index contributed by atoms with van der Waals surface area (Å²) in [5.74, 6) is 0.577. The maximum Gasteiger partial charge on any atom is 0.414 e. The van der Waals surface area contributed by atoms with Gasteiger partial charge in [0.15, 0.2) is 6.10 Å². The number of hydrogen-bond donors (Lipinski definition) is 1. The molecule has 120 valence electrons. The number of amides is 1. The van der Waals surface area contributed by atoms with Crippen molar-refractivity contribution in [3.8, 4) is 0 Å². The van der Waals surface area contributed by atoms with E-state index in [1.807, 2.05) is 0 Å². The van der Waals surface area contributed by atoms with Crippen LogP contribution in [0, 0.1) is 23.7 Å². The molecule has 3 nitrogen and oxygen atoms in total. The third-order valence-corrected chi connectivity index (χ3v) is 5.57. The third kappa shape index (κ3) is 2.91. The average molecular weight is 305 g/mol. The van der Waals surface area contributed by atoms with Gasteiger partial charge in [-0.1, -0.05) is 12.8 Å². The van der Waals surface area contributed by atoms with E-state index in [9.17, 15) is 23.1 Å². The Hall–Kier alpha value is -0.780. The number of likely N-dealkylation sites (tertiary alicyclic amines) is 1. The quantitative estimate of drug-likeness (QED) is 0.852. The van der Waals surface area contributed by atoms with Crippen molar-refractivity contribution in [2.24, 2.45) is 23.7 Å². The van der Waals surface area contributed by atoms with Crippen molar-refractivity contribution in [1.82, 2.24) is 4.90 Å². The van der Waals surface area contributed by atoms with Crippen LogP contribution < -0.4 is 0 Å². The SMILES string of the molecule is O=C(C1C2CCCCC21)N1CCC(C(O)C(F)(F)F)CC1. The van der Waals surface area contributed by atoms with E-state index in [1.165, 1.54) is 12.8 Å². The summed E-state index contributed by atoms with van der Waals surface area (Å²) in [7, 11) is 0. The number of rotatable bonds is 2. The average Bonchev–Trinajstić information content (AvgIpc) is 3.19. The van der Waals surface area contributed by atoms with Crippen LogP contribution in [-0.4, -0.2) is 41.3 Å². The van der Waals surface area contributed by atoms with Crippen LogP contribution in [0.2, 0.25) is 0 Å². The van der Waals surface area contributed by atoms with Crippen molar-refractivity contribution in [2.45, 2.75) is 50.8 Å². The van der Waals surface area contributed by atoms with Gasteiger partial charge in [-0.15, -0.1) is 0 Å². The second kappa shape index (κ2) is 5.45. The zero-order valence-electron chi connectivity index (χ0n) is 12.0. The number of fused-ring (bicyclic) bond motifs is 1. The smallest absolute Gasteiger partial charge is 0.383 e. The minimum absolute atomic E-state index is 0.136. The maximum atomic E-state index is 12.5. The topological polar surface area (TPSA) is 40.5 Å². The fourth-order valence-corrected chi connectivity index (χ4v) is 4.27. The number of carbonyl (C=O) groups is 1. The van der Waals surface area contributed by atoms with Gasteiger partial charge in [0, 0.05) is 19.0 Å². The van der Waals surface area contributed by atoms with Crippen molar-refractivity contribution < 1.29 is 23.1 Å². The Bertz CT molecular complexity index is 392. The lowest BCUT2D eigenvalue weighted by molar-refractivity contribution is -0.223. The summed E-state index contributed by atoms with van der Waals surface area (Å²) in [5, 5.41) is 9.30. The predicted molar refractivity (Wildman–Crippen MR) is 70.3 cm³/mol. The molecule has 3 atom stereocenters. The van der Waals surface area contributed by atoms with E-state index in [0.29, 0.717) is 24.9 Å². The van der Waals surface area contributed by atoms with Crippen LogP contribution in [0.15, 0.2) is 0 Å². The summed E-state index contributed by atoms with van der Waals surface area (Å²) >= 11 is 0.